The molecule has 0 aliphatic carbocycles. The Morgan fingerprint density at radius 2 is 1.48 bits per heavy atom. The van der Waals surface area contributed by atoms with Gasteiger partial charge in [0.25, 0.3) is 0 Å². The van der Waals surface area contributed by atoms with Gasteiger partial charge >= 0.3 is 0 Å². The van der Waals surface area contributed by atoms with Crippen LogP contribution >= 0.6 is 0 Å². The van der Waals surface area contributed by atoms with Crippen LogP contribution in [-0.2, 0) is 25.4 Å². The zero-order valence-corrected chi connectivity index (χ0v) is 18.0. The number of benzene rings is 3. The number of ether oxygens (including phenoxy) is 5. The van der Waals surface area contributed by atoms with E-state index < -0.39 is 0 Å². The van der Waals surface area contributed by atoms with Crippen LogP contribution in [0.4, 0.5) is 0 Å². The second-order valence-electron chi connectivity index (χ2n) is 7.56. The summed E-state index contributed by atoms with van der Waals surface area (Å²) in [6.07, 6.45) is 1.20. The van der Waals surface area contributed by atoms with Crippen molar-refractivity contribution in [3.8, 4) is 11.5 Å². The lowest BCUT2D eigenvalue weighted by molar-refractivity contribution is 0.00722. The third-order valence-corrected chi connectivity index (χ3v) is 5.34. The van der Waals surface area contributed by atoms with Gasteiger partial charge in [0.1, 0.15) is 24.2 Å². The average molecular weight is 427 g/mol. The first-order valence-corrected chi connectivity index (χ1v) is 10.9. The fourth-order valence-corrected chi connectivity index (χ4v) is 3.56. The quantitative estimate of drug-likeness (QED) is 0.252. The van der Waals surface area contributed by atoms with Gasteiger partial charge in [-0.05, 0) is 18.1 Å². The van der Waals surface area contributed by atoms with Gasteiger partial charge in [0.05, 0.1) is 46.2 Å². The number of phenols is 1. The van der Waals surface area contributed by atoms with Crippen LogP contribution in [0.25, 0.3) is 21.5 Å². The Bertz CT molecular complexity index is 998. The Balaban J connectivity index is 1.29. The zero-order chi connectivity index (χ0) is 21.5. The fraction of sp³-hybridized carbons (Fsp3) is 0.440. The molecule has 1 fully saturated rings. The van der Waals surface area contributed by atoms with Crippen LogP contribution in [0.5, 0.6) is 11.5 Å². The number of aryl methyl sites for hydroxylation is 1. The van der Waals surface area contributed by atoms with Crippen LogP contribution < -0.4 is 4.74 Å². The molecule has 1 saturated heterocycles. The first-order chi connectivity index (χ1) is 15.3. The second kappa shape index (κ2) is 10.8. The molecule has 4 rings (SSSR count). The van der Waals surface area contributed by atoms with Gasteiger partial charge in [-0.25, -0.2) is 0 Å². The van der Waals surface area contributed by atoms with Gasteiger partial charge in [0, 0.05) is 21.5 Å². The lowest BCUT2D eigenvalue weighted by Crippen LogP contribution is -2.13. The number of phenolic OH excluding ortho intramolecular Hbond substituents is 1. The average Bonchev–Trinajstić information content (AvgIpc) is 3.63. The Morgan fingerprint density at radius 3 is 2.19 bits per heavy atom. The molecule has 1 unspecified atom stereocenters. The van der Waals surface area contributed by atoms with Gasteiger partial charge in [-0.1, -0.05) is 43.3 Å². The third kappa shape index (κ3) is 5.66. The number of aromatic hydroxyl groups is 1. The normalized spacial score (nSPS) is 15.6. The van der Waals surface area contributed by atoms with Crippen LogP contribution in [0.1, 0.15) is 12.5 Å². The van der Waals surface area contributed by atoms with Crippen molar-refractivity contribution in [2.45, 2.75) is 19.4 Å². The highest BCUT2D eigenvalue weighted by atomic mass is 16.6. The summed E-state index contributed by atoms with van der Waals surface area (Å²) in [6.45, 7) is 6.60. The van der Waals surface area contributed by atoms with E-state index in [1.165, 1.54) is 5.56 Å². The topological polar surface area (TPSA) is 69.7 Å². The maximum absolute atomic E-state index is 10.8. The van der Waals surface area contributed by atoms with E-state index in [2.05, 4.69) is 13.0 Å². The van der Waals surface area contributed by atoms with Gasteiger partial charge < -0.3 is 28.8 Å². The van der Waals surface area contributed by atoms with Crippen LogP contribution in [-0.4, -0.2) is 64.1 Å². The lowest BCUT2D eigenvalue weighted by atomic mass is 9.98. The summed E-state index contributed by atoms with van der Waals surface area (Å²) in [4.78, 5) is 0. The predicted molar refractivity (Wildman–Crippen MR) is 120 cm³/mol. The number of epoxide rings is 1. The van der Waals surface area contributed by atoms with E-state index in [1.54, 1.807) is 0 Å². The van der Waals surface area contributed by atoms with Gasteiger partial charge in [-0.2, -0.15) is 0 Å². The monoisotopic (exact) mass is 426 g/mol. The molecule has 1 atom stereocenters. The molecule has 0 saturated carbocycles. The van der Waals surface area contributed by atoms with Crippen molar-refractivity contribution in [1.29, 1.82) is 0 Å². The zero-order valence-electron chi connectivity index (χ0n) is 18.0. The number of hydrogen-bond donors (Lipinski definition) is 1. The van der Waals surface area contributed by atoms with Crippen LogP contribution in [0.3, 0.4) is 0 Å². The molecular formula is C25H30O6. The molecule has 0 bridgehead atoms. The SMILES string of the molecule is CCc1ccc2c(OCCOCCOCCOCC3CO3)c3ccccc3c(O)c2c1. The molecule has 1 aliphatic rings. The standard InChI is InChI=1S/C25H30O6/c1-2-18-7-8-22-23(15-18)24(26)20-5-3-4-6-21(20)25(22)30-14-13-28-10-9-27-11-12-29-16-19-17-31-19/h3-8,15,19,26H,2,9-14,16-17H2,1H3. The molecular weight excluding hydrogens is 396 g/mol. The summed E-state index contributed by atoms with van der Waals surface area (Å²) < 4.78 is 27.8. The van der Waals surface area contributed by atoms with E-state index >= 15 is 0 Å². The predicted octanol–water partition coefficient (Wildman–Crippen LogP) is 4.09. The van der Waals surface area contributed by atoms with Crippen molar-refractivity contribution in [2.24, 2.45) is 0 Å². The summed E-state index contributed by atoms with van der Waals surface area (Å²) in [5.74, 6) is 1.08. The van der Waals surface area contributed by atoms with Crippen molar-refractivity contribution in [1.82, 2.24) is 0 Å². The first-order valence-electron chi connectivity index (χ1n) is 10.9. The van der Waals surface area contributed by atoms with Crippen LogP contribution in [0.2, 0.25) is 0 Å². The summed E-state index contributed by atoms with van der Waals surface area (Å²) >= 11 is 0. The third-order valence-electron chi connectivity index (χ3n) is 5.34. The fourth-order valence-electron chi connectivity index (χ4n) is 3.56. The summed E-state index contributed by atoms with van der Waals surface area (Å²) in [5.41, 5.74) is 1.18. The van der Waals surface area contributed by atoms with E-state index in [9.17, 15) is 5.11 Å². The van der Waals surface area contributed by atoms with Crippen molar-refractivity contribution in [2.75, 3.05) is 52.9 Å². The minimum Gasteiger partial charge on any atom is -0.507 e. The molecule has 166 valence electrons. The molecule has 31 heavy (non-hydrogen) atoms. The summed E-state index contributed by atoms with van der Waals surface area (Å²) in [5, 5.41) is 14.2. The molecule has 3 aromatic carbocycles. The van der Waals surface area contributed by atoms with Gasteiger partial charge in [-0.3, -0.25) is 0 Å². The van der Waals surface area contributed by atoms with E-state index in [1.807, 2.05) is 36.4 Å². The van der Waals surface area contributed by atoms with Crippen molar-refractivity contribution >= 4 is 21.5 Å². The number of rotatable bonds is 13. The van der Waals surface area contributed by atoms with Crippen LogP contribution in [0.15, 0.2) is 42.5 Å². The largest absolute Gasteiger partial charge is 0.507 e. The second-order valence-corrected chi connectivity index (χ2v) is 7.56. The molecule has 6 nitrogen and oxygen atoms in total. The molecule has 0 amide bonds. The van der Waals surface area contributed by atoms with Crippen molar-refractivity contribution in [3.05, 3.63) is 48.0 Å². The minimum atomic E-state index is 0.292. The van der Waals surface area contributed by atoms with Crippen LogP contribution in [0, 0.1) is 0 Å². The number of fused-ring (bicyclic) bond motifs is 2. The maximum atomic E-state index is 10.8. The Morgan fingerprint density at radius 1 is 0.839 bits per heavy atom. The Kier molecular flexibility index (Phi) is 7.59. The molecule has 0 spiro atoms. The van der Waals surface area contributed by atoms with Gasteiger partial charge in [0.15, 0.2) is 0 Å². The molecule has 1 N–H and O–H groups in total. The van der Waals surface area contributed by atoms with Gasteiger partial charge in [-0.15, -0.1) is 0 Å². The molecule has 0 radical (unpaired) electrons. The highest BCUT2D eigenvalue weighted by Gasteiger charge is 2.22. The molecule has 3 aromatic rings. The summed E-state index contributed by atoms with van der Waals surface area (Å²) in [7, 11) is 0. The highest BCUT2D eigenvalue weighted by Crippen LogP contribution is 2.42. The van der Waals surface area contributed by atoms with E-state index in [4.69, 9.17) is 23.7 Å². The van der Waals surface area contributed by atoms with Crippen molar-refractivity contribution < 1.29 is 28.8 Å². The smallest absolute Gasteiger partial charge is 0.135 e. The summed E-state index contributed by atoms with van der Waals surface area (Å²) in [6, 6.07) is 13.9. The first kappa shape index (κ1) is 21.8. The Hall–Kier alpha value is -2.38. The van der Waals surface area contributed by atoms with E-state index in [0.29, 0.717) is 58.1 Å². The minimum absolute atomic E-state index is 0.292. The molecule has 1 aliphatic heterocycles. The molecule has 1 heterocycles. The maximum Gasteiger partial charge on any atom is 0.135 e. The molecule has 6 heteroatoms. The number of hydrogen-bond acceptors (Lipinski definition) is 6. The Labute approximate surface area is 182 Å². The highest BCUT2D eigenvalue weighted by molar-refractivity contribution is 6.10. The van der Waals surface area contributed by atoms with Gasteiger partial charge in [0.2, 0.25) is 0 Å². The lowest BCUT2D eigenvalue weighted by Gasteiger charge is -2.15. The van der Waals surface area contributed by atoms with Crippen molar-refractivity contribution in [3.63, 3.8) is 0 Å². The van der Waals surface area contributed by atoms with E-state index in [0.717, 1.165) is 40.3 Å². The molecule has 0 aromatic heterocycles. The van der Waals surface area contributed by atoms with E-state index in [-0.39, 0.29) is 0 Å².